The fourth-order valence-corrected chi connectivity index (χ4v) is 2.70. The van der Waals surface area contributed by atoms with Crippen molar-refractivity contribution in [2.45, 2.75) is 70.0 Å². The van der Waals surface area contributed by atoms with Crippen molar-refractivity contribution in [1.82, 2.24) is 0 Å². The summed E-state index contributed by atoms with van der Waals surface area (Å²) in [5, 5.41) is 10.3. The topological polar surface area (TPSA) is 66.4 Å². The Bertz CT molecular complexity index is 341. The van der Waals surface area contributed by atoms with Crippen LogP contribution in [0.1, 0.15) is 27.7 Å². The van der Waals surface area contributed by atoms with E-state index in [1.54, 1.807) is 13.8 Å². The van der Waals surface area contributed by atoms with Crippen LogP contribution in [0.2, 0.25) is 0 Å². The van der Waals surface area contributed by atoms with Crippen molar-refractivity contribution < 1.29 is 28.8 Å². The molecule has 0 amide bonds. The Labute approximate surface area is 106 Å². The van der Waals surface area contributed by atoms with E-state index in [4.69, 9.17) is 23.7 Å². The number of hydrogen-bond donors (Lipinski definition) is 1. The van der Waals surface area contributed by atoms with Gasteiger partial charge >= 0.3 is 0 Å². The summed E-state index contributed by atoms with van der Waals surface area (Å²) < 4.78 is 28.1. The van der Waals surface area contributed by atoms with Crippen molar-refractivity contribution in [1.29, 1.82) is 0 Å². The van der Waals surface area contributed by atoms with Crippen LogP contribution in [-0.4, -0.2) is 54.0 Å². The smallest absolute Gasteiger partial charge is 0.190 e. The molecule has 3 aliphatic heterocycles. The molecule has 0 aliphatic carbocycles. The SMILES string of the molecule is CC1(C)OCC([C@H]2O[C@H]3OC(C)(C)OC3[C@H]2O)O1. The standard InChI is InChI=1S/C12H20O6/c1-11(2)14-5-6(16-11)8-7(13)9-10(15-8)18-12(3,4)17-9/h6-10,13H,5H2,1-4H3/t6?,7-,8+,9?,10-/m0/s1. The van der Waals surface area contributed by atoms with Crippen molar-refractivity contribution in [3.05, 3.63) is 0 Å². The molecule has 3 saturated heterocycles. The molecule has 2 unspecified atom stereocenters. The third-order valence-corrected chi connectivity index (χ3v) is 3.45. The maximum Gasteiger partial charge on any atom is 0.190 e. The van der Waals surface area contributed by atoms with Crippen molar-refractivity contribution in [3.63, 3.8) is 0 Å². The van der Waals surface area contributed by atoms with Gasteiger partial charge in [0.2, 0.25) is 0 Å². The molecule has 0 spiro atoms. The van der Waals surface area contributed by atoms with Gasteiger partial charge in [-0.3, -0.25) is 0 Å². The zero-order chi connectivity index (χ0) is 13.1. The minimum atomic E-state index is -0.765. The molecule has 0 aromatic rings. The molecule has 0 aromatic carbocycles. The summed E-state index contributed by atoms with van der Waals surface area (Å²) in [5.41, 5.74) is 0. The first-order valence-electron chi connectivity index (χ1n) is 6.28. The zero-order valence-corrected chi connectivity index (χ0v) is 11.1. The lowest BCUT2D eigenvalue weighted by Gasteiger charge is -2.26. The molecule has 3 heterocycles. The second-order valence-electron chi connectivity index (χ2n) is 5.93. The summed E-state index contributed by atoms with van der Waals surface area (Å²) in [6, 6.07) is 0. The van der Waals surface area contributed by atoms with Crippen LogP contribution in [0.5, 0.6) is 0 Å². The van der Waals surface area contributed by atoms with E-state index in [-0.39, 0.29) is 6.10 Å². The monoisotopic (exact) mass is 260 g/mol. The van der Waals surface area contributed by atoms with Crippen LogP contribution < -0.4 is 0 Å². The molecule has 0 radical (unpaired) electrons. The van der Waals surface area contributed by atoms with Gasteiger partial charge in [0.1, 0.15) is 24.4 Å². The van der Waals surface area contributed by atoms with Gasteiger partial charge in [0.15, 0.2) is 17.9 Å². The summed E-state index contributed by atoms with van der Waals surface area (Å²) in [7, 11) is 0. The van der Waals surface area contributed by atoms with Crippen LogP contribution in [-0.2, 0) is 23.7 Å². The van der Waals surface area contributed by atoms with Crippen molar-refractivity contribution in [3.8, 4) is 0 Å². The lowest BCUT2D eigenvalue weighted by Crippen LogP contribution is -2.42. The molecular weight excluding hydrogens is 240 g/mol. The Hall–Kier alpha value is -0.240. The molecule has 104 valence electrons. The van der Waals surface area contributed by atoms with Crippen LogP contribution in [0, 0.1) is 0 Å². The molecular formula is C12H20O6. The highest BCUT2D eigenvalue weighted by atomic mass is 16.8. The number of rotatable bonds is 1. The minimum Gasteiger partial charge on any atom is -0.387 e. The van der Waals surface area contributed by atoms with E-state index in [9.17, 15) is 5.11 Å². The molecule has 3 aliphatic rings. The van der Waals surface area contributed by atoms with E-state index in [0.29, 0.717) is 6.61 Å². The number of aliphatic hydroxyl groups excluding tert-OH is 1. The van der Waals surface area contributed by atoms with E-state index in [0.717, 1.165) is 0 Å². The first-order valence-corrected chi connectivity index (χ1v) is 6.28. The van der Waals surface area contributed by atoms with Crippen LogP contribution >= 0.6 is 0 Å². The quantitative estimate of drug-likeness (QED) is 0.735. The van der Waals surface area contributed by atoms with E-state index >= 15 is 0 Å². The Morgan fingerprint density at radius 3 is 2.22 bits per heavy atom. The van der Waals surface area contributed by atoms with Gasteiger partial charge in [-0.15, -0.1) is 0 Å². The Morgan fingerprint density at radius 2 is 1.67 bits per heavy atom. The molecule has 5 atom stereocenters. The molecule has 1 N–H and O–H groups in total. The lowest BCUT2D eigenvalue weighted by atomic mass is 10.1. The van der Waals surface area contributed by atoms with E-state index in [2.05, 4.69) is 0 Å². The fraction of sp³-hybridized carbons (Fsp3) is 1.00. The van der Waals surface area contributed by atoms with E-state index < -0.39 is 36.2 Å². The van der Waals surface area contributed by atoms with Crippen molar-refractivity contribution in [2.24, 2.45) is 0 Å². The van der Waals surface area contributed by atoms with E-state index in [1.165, 1.54) is 0 Å². The summed E-state index contributed by atoms with van der Waals surface area (Å²) in [4.78, 5) is 0. The molecule has 0 bridgehead atoms. The highest BCUT2D eigenvalue weighted by Gasteiger charge is 2.57. The summed E-state index contributed by atoms with van der Waals surface area (Å²) in [5.74, 6) is -1.35. The minimum absolute atomic E-state index is 0.295. The Kier molecular flexibility index (Phi) is 2.75. The molecule has 0 saturated carbocycles. The molecule has 6 nitrogen and oxygen atoms in total. The maximum atomic E-state index is 10.3. The van der Waals surface area contributed by atoms with Crippen molar-refractivity contribution in [2.75, 3.05) is 6.61 Å². The number of ether oxygens (including phenoxy) is 5. The first-order chi connectivity index (χ1) is 8.27. The van der Waals surface area contributed by atoms with Gasteiger partial charge in [0, 0.05) is 0 Å². The highest BCUT2D eigenvalue weighted by Crippen LogP contribution is 2.40. The lowest BCUT2D eigenvalue weighted by molar-refractivity contribution is -0.232. The normalized spacial score (nSPS) is 49.5. The summed E-state index contributed by atoms with van der Waals surface area (Å²) in [6.45, 7) is 7.68. The molecule has 3 rings (SSSR count). The third kappa shape index (κ3) is 2.07. The predicted octanol–water partition coefficient (Wildman–Crippen LogP) is 0.375. The maximum absolute atomic E-state index is 10.3. The van der Waals surface area contributed by atoms with Gasteiger partial charge < -0.3 is 28.8 Å². The van der Waals surface area contributed by atoms with Crippen LogP contribution in [0.25, 0.3) is 0 Å². The van der Waals surface area contributed by atoms with Gasteiger partial charge in [-0.25, -0.2) is 0 Å². The van der Waals surface area contributed by atoms with Gasteiger partial charge in [0.25, 0.3) is 0 Å². The largest absolute Gasteiger partial charge is 0.387 e. The Morgan fingerprint density at radius 1 is 0.944 bits per heavy atom. The second-order valence-corrected chi connectivity index (χ2v) is 5.93. The fourth-order valence-electron chi connectivity index (χ4n) is 2.70. The van der Waals surface area contributed by atoms with Gasteiger partial charge in [-0.05, 0) is 27.7 Å². The Balaban J connectivity index is 1.68. The van der Waals surface area contributed by atoms with Gasteiger partial charge in [-0.1, -0.05) is 0 Å². The molecule has 3 fully saturated rings. The van der Waals surface area contributed by atoms with Gasteiger partial charge in [0.05, 0.1) is 6.61 Å². The molecule has 18 heavy (non-hydrogen) atoms. The summed E-state index contributed by atoms with van der Waals surface area (Å²) in [6.07, 6.45) is -2.53. The number of aliphatic hydroxyl groups is 1. The third-order valence-electron chi connectivity index (χ3n) is 3.45. The van der Waals surface area contributed by atoms with Crippen LogP contribution in [0.4, 0.5) is 0 Å². The zero-order valence-electron chi connectivity index (χ0n) is 11.1. The van der Waals surface area contributed by atoms with E-state index in [1.807, 2.05) is 13.8 Å². The van der Waals surface area contributed by atoms with Gasteiger partial charge in [-0.2, -0.15) is 0 Å². The average molecular weight is 260 g/mol. The molecule has 6 heteroatoms. The average Bonchev–Trinajstić information content (AvgIpc) is 2.81. The number of hydrogen-bond acceptors (Lipinski definition) is 6. The van der Waals surface area contributed by atoms with Crippen LogP contribution in [0.15, 0.2) is 0 Å². The number of fused-ring (bicyclic) bond motifs is 1. The van der Waals surface area contributed by atoms with Crippen molar-refractivity contribution >= 4 is 0 Å². The highest BCUT2D eigenvalue weighted by molar-refractivity contribution is 4.97. The first kappa shape index (κ1) is 12.8. The molecule has 0 aromatic heterocycles. The van der Waals surface area contributed by atoms with Crippen LogP contribution in [0.3, 0.4) is 0 Å². The second kappa shape index (κ2) is 3.88. The predicted molar refractivity (Wildman–Crippen MR) is 59.6 cm³/mol. The summed E-state index contributed by atoms with van der Waals surface area (Å²) >= 11 is 0.